The fourth-order valence-corrected chi connectivity index (χ4v) is 3.91. The fourth-order valence-electron chi connectivity index (χ4n) is 2.55. The van der Waals surface area contributed by atoms with Crippen LogP contribution in [0.5, 0.6) is 0 Å². The fraction of sp³-hybridized carbons (Fsp3) is 0.533. The van der Waals surface area contributed by atoms with E-state index in [1.54, 1.807) is 28.6 Å². The third kappa shape index (κ3) is 4.53. The highest BCUT2D eigenvalue weighted by Gasteiger charge is 2.28. The highest BCUT2D eigenvalue weighted by atomic mass is 32.2. The van der Waals surface area contributed by atoms with Crippen LogP contribution in [-0.4, -0.2) is 63.7 Å². The van der Waals surface area contributed by atoms with Gasteiger partial charge in [-0.3, -0.25) is 4.79 Å². The van der Waals surface area contributed by atoms with E-state index in [1.807, 2.05) is 6.07 Å². The molecule has 7 heteroatoms. The first-order chi connectivity index (χ1) is 10.5. The SMILES string of the molecule is CC[NH+]1CCN(S(=O)(=O)CCNC(=O)c2ccccc2)CC1. The lowest BCUT2D eigenvalue weighted by molar-refractivity contribution is -0.901. The second-order valence-electron chi connectivity index (χ2n) is 5.44. The van der Waals surface area contributed by atoms with Crippen molar-refractivity contribution in [3.63, 3.8) is 0 Å². The zero-order valence-electron chi connectivity index (χ0n) is 12.9. The predicted octanol–water partition coefficient (Wildman–Crippen LogP) is -1.03. The van der Waals surface area contributed by atoms with E-state index in [0.717, 1.165) is 19.6 Å². The van der Waals surface area contributed by atoms with Crippen molar-refractivity contribution < 1.29 is 18.1 Å². The van der Waals surface area contributed by atoms with E-state index >= 15 is 0 Å². The van der Waals surface area contributed by atoms with Crippen molar-refractivity contribution in [2.24, 2.45) is 0 Å². The van der Waals surface area contributed by atoms with Gasteiger partial charge in [0.25, 0.3) is 5.91 Å². The first-order valence-corrected chi connectivity index (χ1v) is 9.28. The summed E-state index contributed by atoms with van der Waals surface area (Å²) in [6.07, 6.45) is 0. The molecular formula is C15H24N3O3S+. The van der Waals surface area contributed by atoms with Gasteiger partial charge in [-0.1, -0.05) is 18.2 Å². The molecule has 1 fully saturated rings. The summed E-state index contributed by atoms with van der Waals surface area (Å²) in [5.41, 5.74) is 0.542. The molecule has 2 N–H and O–H groups in total. The van der Waals surface area contributed by atoms with Crippen molar-refractivity contribution in [2.75, 3.05) is 45.0 Å². The molecule has 0 spiro atoms. The number of carbonyl (C=O) groups excluding carboxylic acids is 1. The maximum absolute atomic E-state index is 12.3. The number of rotatable bonds is 6. The molecule has 0 atom stereocenters. The van der Waals surface area contributed by atoms with Crippen molar-refractivity contribution in [1.82, 2.24) is 9.62 Å². The Morgan fingerprint density at radius 2 is 1.86 bits per heavy atom. The molecule has 1 aliphatic rings. The summed E-state index contributed by atoms with van der Waals surface area (Å²) < 4.78 is 26.1. The number of hydrogen-bond donors (Lipinski definition) is 2. The number of likely N-dealkylation sites (N-methyl/N-ethyl adjacent to an activating group) is 1. The second kappa shape index (κ2) is 7.71. The first kappa shape index (κ1) is 16.9. The summed E-state index contributed by atoms with van der Waals surface area (Å²) in [6, 6.07) is 8.80. The van der Waals surface area contributed by atoms with Crippen LogP contribution in [0.25, 0.3) is 0 Å². The number of sulfonamides is 1. The predicted molar refractivity (Wildman–Crippen MR) is 85.4 cm³/mol. The van der Waals surface area contributed by atoms with Gasteiger partial charge in [-0.15, -0.1) is 0 Å². The summed E-state index contributed by atoms with van der Waals surface area (Å²) in [7, 11) is -3.29. The van der Waals surface area contributed by atoms with E-state index in [9.17, 15) is 13.2 Å². The largest absolute Gasteiger partial charge is 0.351 e. The Morgan fingerprint density at radius 1 is 1.23 bits per heavy atom. The molecule has 0 aliphatic carbocycles. The Labute approximate surface area is 132 Å². The van der Waals surface area contributed by atoms with E-state index < -0.39 is 10.0 Å². The van der Waals surface area contributed by atoms with Gasteiger partial charge in [-0.25, -0.2) is 8.42 Å². The van der Waals surface area contributed by atoms with Gasteiger partial charge in [-0.2, -0.15) is 4.31 Å². The third-order valence-electron chi connectivity index (χ3n) is 4.00. The molecule has 6 nitrogen and oxygen atoms in total. The molecular weight excluding hydrogens is 302 g/mol. The maximum Gasteiger partial charge on any atom is 0.251 e. The van der Waals surface area contributed by atoms with Gasteiger partial charge in [0.1, 0.15) is 0 Å². The number of quaternary nitrogens is 1. The standard InChI is InChI=1S/C15H23N3O3S/c1-2-17-9-11-18(12-10-17)22(20,21)13-8-16-15(19)14-6-4-3-5-7-14/h3-7H,2,8-13H2,1H3,(H,16,19)/p+1. The molecule has 1 amide bonds. The minimum Gasteiger partial charge on any atom is -0.351 e. The lowest BCUT2D eigenvalue weighted by Gasteiger charge is -2.30. The average molecular weight is 326 g/mol. The Bertz CT molecular complexity index is 581. The molecule has 1 heterocycles. The van der Waals surface area contributed by atoms with Crippen LogP contribution in [0.3, 0.4) is 0 Å². The molecule has 1 aromatic rings. The quantitative estimate of drug-likeness (QED) is 0.702. The molecule has 1 aliphatic heterocycles. The van der Waals surface area contributed by atoms with E-state index in [2.05, 4.69) is 12.2 Å². The number of nitrogens with zero attached hydrogens (tertiary/aromatic N) is 1. The van der Waals surface area contributed by atoms with Crippen LogP contribution in [0.2, 0.25) is 0 Å². The van der Waals surface area contributed by atoms with E-state index in [0.29, 0.717) is 18.7 Å². The number of nitrogens with one attached hydrogen (secondary N) is 2. The number of piperazine rings is 1. The average Bonchev–Trinajstić information content (AvgIpc) is 2.55. The van der Waals surface area contributed by atoms with Crippen molar-refractivity contribution in [1.29, 1.82) is 0 Å². The first-order valence-electron chi connectivity index (χ1n) is 7.67. The van der Waals surface area contributed by atoms with E-state index in [4.69, 9.17) is 0 Å². The van der Waals surface area contributed by atoms with Crippen LogP contribution in [0.4, 0.5) is 0 Å². The van der Waals surface area contributed by atoms with Gasteiger partial charge >= 0.3 is 0 Å². The van der Waals surface area contributed by atoms with Crippen LogP contribution in [0.1, 0.15) is 17.3 Å². The summed E-state index contributed by atoms with van der Waals surface area (Å²) >= 11 is 0. The van der Waals surface area contributed by atoms with E-state index in [-0.39, 0.29) is 18.2 Å². The molecule has 0 aromatic heterocycles. The summed E-state index contributed by atoms with van der Waals surface area (Å²) in [5, 5.41) is 2.66. The topological polar surface area (TPSA) is 70.9 Å². The number of hydrogen-bond acceptors (Lipinski definition) is 3. The van der Waals surface area contributed by atoms with E-state index in [1.165, 1.54) is 4.90 Å². The zero-order valence-corrected chi connectivity index (χ0v) is 13.7. The van der Waals surface area contributed by atoms with Gasteiger partial charge < -0.3 is 10.2 Å². The van der Waals surface area contributed by atoms with Crippen molar-refractivity contribution >= 4 is 15.9 Å². The van der Waals surface area contributed by atoms with Gasteiger partial charge in [0, 0.05) is 12.1 Å². The minimum atomic E-state index is -3.29. The number of amides is 1. The molecule has 122 valence electrons. The van der Waals surface area contributed by atoms with Crippen LogP contribution in [0, 0.1) is 0 Å². The molecule has 2 rings (SSSR count). The van der Waals surface area contributed by atoms with Crippen LogP contribution in [-0.2, 0) is 10.0 Å². The highest BCUT2D eigenvalue weighted by Crippen LogP contribution is 2.02. The van der Waals surface area contributed by atoms with Crippen molar-refractivity contribution in [3.8, 4) is 0 Å². The molecule has 0 radical (unpaired) electrons. The second-order valence-corrected chi connectivity index (χ2v) is 7.53. The van der Waals surface area contributed by atoms with Crippen LogP contribution >= 0.6 is 0 Å². The minimum absolute atomic E-state index is 0.0486. The maximum atomic E-state index is 12.3. The molecule has 0 unspecified atom stereocenters. The molecule has 0 bridgehead atoms. The van der Waals surface area contributed by atoms with Gasteiger partial charge in [0.15, 0.2) is 0 Å². The molecule has 0 saturated carbocycles. The molecule has 1 saturated heterocycles. The van der Waals surface area contributed by atoms with Crippen LogP contribution < -0.4 is 10.2 Å². The Kier molecular flexibility index (Phi) is 5.93. The lowest BCUT2D eigenvalue weighted by Crippen LogP contribution is -3.14. The van der Waals surface area contributed by atoms with Crippen molar-refractivity contribution in [3.05, 3.63) is 35.9 Å². The Balaban J connectivity index is 1.79. The smallest absolute Gasteiger partial charge is 0.251 e. The monoisotopic (exact) mass is 326 g/mol. The van der Waals surface area contributed by atoms with Crippen molar-refractivity contribution in [2.45, 2.75) is 6.92 Å². The lowest BCUT2D eigenvalue weighted by atomic mass is 10.2. The highest BCUT2D eigenvalue weighted by molar-refractivity contribution is 7.89. The van der Waals surface area contributed by atoms with Gasteiger partial charge in [0.2, 0.25) is 10.0 Å². The van der Waals surface area contributed by atoms with Crippen LogP contribution in [0.15, 0.2) is 30.3 Å². The summed E-state index contributed by atoms with van der Waals surface area (Å²) in [5.74, 6) is -0.288. The normalized spacial score (nSPS) is 17.3. The van der Waals surface area contributed by atoms with Gasteiger partial charge in [-0.05, 0) is 19.1 Å². The number of benzene rings is 1. The summed E-state index contributed by atoms with van der Waals surface area (Å²) in [6.45, 7) is 6.12. The Hall–Kier alpha value is -1.44. The number of carbonyl (C=O) groups is 1. The molecule has 1 aromatic carbocycles. The third-order valence-corrected chi connectivity index (χ3v) is 5.88. The zero-order chi connectivity index (χ0) is 16.0. The molecule has 22 heavy (non-hydrogen) atoms. The van der Waals surface area contributed by atoms with Gasteiger partial charge in [0.05, 0.1) is 38.5 Å². The Morgan fingerprint density at radius 3 is 2.45 bits per heavy atom. The summed E-state index contributed by atoms with van der Waals surface area (Å²) in [4.78, 5) is 13.3.